The maximum absolute atomic E-state index is 12.5. The number of carbonyl (C=O) groups excluding carboxylic acids is 1. The van der Waals surface area contributed by atoms with Gasteiger partial charge in [-0.15, -0.1) is 10.2 Å². The van der Waals surface area contributed by atoms with Crippen LogP contribution < -0.4 is 10.6 Å². The number of hydrogen-bond donors (Lipinski definition) is 2. The molecule has 2 fully saturated rings. The normalized spacial score (nSPS) is 22.0. The van der Waals surface area contributed by atoms with Crippen molar-refractivity contribution in [1.29, 1.82) is 0 Å². The predicted molar refractivity (Wildman–Crippen MR) is 87.7 cm³/mol. The molecule has 1 saturated heterocycles. The van der Waals surface area contributed by atoms with Crippen molar-refractivity contribution in [2.24, 2.45) is 18.4 Å². The van der Waals surface area contributed by atoms with Crippen molar-refractivity contribution in [2.75, 3.05) is 18.4 Å². The summed E-state index contributed by atoms with van der Waals surface area (Å²) in [4.78, 5) is 12.5. The molecule has 1 aliphatic carbocycles. The van der Waals surface area contributed by atoms with Crippen LogP contribution in [-0.2, 0) is 11.8 Å². The van der Waals surface area contributed by atoms with Crippen LogP contribution in [0, 0.1) is 11.3 Å². The minimum atomic E-state index is 0.155. The fourth-order valence-corrected chi connectivity index (χ4v) is 3.71. The number of piperidine rings is 1. The summed E-state index contributed by atoms with van der Waals surface area (Å²) in [6.45, 7) is 2.07. The summed E-state index contributed by atoms with van der Waals surface area (Å²) in [6, 6.07) is 7.80. The van der Waals surface area contributed by atoms with Crippen LogP contribution >= 0.6 is 0 Å². The number of anilines is 1. The molecule has 6 nitrogen and oxygen atoms in total. The lowest BCUT2D eigenvalue weighted by Gasteiger charge is -2.23. The molecule has 1 aromatic carbocycles. The van der Waals surface area contributed by atoms with E-state index in [0.29, 0.717) is 0 Å². The topological polar surface area (TPSA) is 71.8 Å². The molecule has 2 aromatic rings. The van der Waals surface area contributed by atoms with Crippen molar-refractivity contribution in [3.05, 3.63) is 30.6 Å². The lowest BCUT2D eigenvalue weighted by atomic mass is 9.92. The van der Waals surface area contributed by atoms with Crippen LogP contribution in [0.1, 0.15) is 19.3 Å². The molecule has 4 rings (SSSR count). The molecule has 1 saturated carbocycles. The summed E-state index contributed by atoms with van der Waals surface area (Å²) >= 11 is 0. The van der Waals surface area contributed by atoms with E-state index >= 15 is 0 Å². The first-order valence-electron chi connectivity index (χ1n) is 8.14. The van der Waals surface area contributed by atoms with E-state index in [1.807, 2.05) is 35.9 Å². The highest BCUT2D eigenvalue weighted by atomic mass is 16.2. The van der Waals surface area contributed by atoms with Gasteiger partial charge in [0.05, 0.1) is 0 Å². The Bertz CT molecular complexity index is 732. The molecule has 1 aromatic heterocycles. The first-order valence-corrected chi connectivity index (χ1v) is 8.14. The molecule has 2 aliphatic rings. The molecule has 23 heavy (non-hydrogen) atoms. The SMILES string of the molecule is Cn1cnnc1-c1cccc(NC(=O)C2CC23CCNCC3)c1. The standard InChI is InChI=1S/C17H21N5O/c1-22-11-19-21-15(22)12-3-2-4-13(9-12)20-16(23)14-10-17(14)5-7-18-8-6-17/h2-4,9,11,14,18H,5-8,10H2,1H3,(H,20,23). The number of carbonyl (C=O) groups is 1. The molecule has 120 valence electrons. The Morgan fingerprint density at radius 3 is 2.96 bits per heavy atom. The number of aryl methyl sites for hydroxylation is 1. The third kappa shape index (κ3) is 2.63. The molecule has 2 heterocycles. The monoisotopic (exact) mass is 311 g/mol. The second kappa shape index (κ2) is 5.45. The van der Waals surface area contributed by atoms with Crippen molar-refractivity contribution in [3.63, 3.8) is 0 Å². The van der Waals surface area contributed by atoms with Gasteiger partial charge in [-0.3, -0.25) is 4.79 Å². The first-order chi connectivity index (χ1) is 11.2. The molecule has 1 aliphatic heterocycles. The highest BCUT2D eigenvalue weighted by Gasteiger charge is 2.57. The lowest BCUT2D eigenvalue weighted by molar-refractivity contribution is -0.118. The van der Waals surface area contributed by atoms with Crippen LogP contribution in [0.5, 0.6) is 0 Å². The van der Waals surface area contributed by atoms with Gasteiger partial charge in [-0.1, -0.05) is 12.1 Å². The average Bonchev–Trinajstić information content (AvgIpc) is 3.07. The van der Waals surface area contributed by atoms with Crippen molar-refractivity contribution >= 4 is 11.6 Å². The van der Waals surface area contributed by atoms with E-state index in [1.54, 1.807) is 6.33 Å². The minimum Gasteiger partial charge on any atom is -0.326 e. The molecular weight excluding hydrogens is 290 g/mol. The second-order valence-electron chi connectivity index (χ2n) is 6.70. The maximum Gasteiger partial charge on any atom is 0.228 e. The van der Waals surface area contributed by atoms with Crippen molar-refractivity contribution in [1.82, 2.24) is 20.1 Å². The van der Waals surface area contributed by atoms with Crippen molar-refractivity contribution in [2.45, 2.75) is 19.3 Å². The number of benzene rings is 1. The number of hydrogen-bond acceptors (Lipinski definition) is 4. The predicted octanol–water partition coefficient (Wildman–Crippen LogP) is 1.81. The van der Waals surface area contributed by atoms with Gasteiger partial charge in [0.25, 0.3) is 0 Å². The number of aromatic nitrogens is 3. The van der Waals surface area contributed by atoms with Gasteiger partial charge in [0.15, 0.2) is 5.82 Å². The quantitative estimate of drug-likeness (QED) is 0.907. The van der Waals surface area contributed by atoms with E-state index in [4.69, 9.17) is 0 Å². The average molecular weight is 311 g/mol. The Balaban J connectivity index is 1.47. The van der Waals surface area contributed by atoms with E-state index in [1.165, 1.54) is 0 Å². The van der Waals surface area contributed by atoms with Gasteiger partial charge < -0.3 is 15.2 Å². The largest absolute Gasteiger partial charge is 0.326 e. The Labute approximate surface area is 135 Å². The number of rotatable bonds is 3. The summed E-state index contributed by atoms with van der Waals surface area (Å²) < 4.78 is 1.87. The summed E-state index contributed by atoms with van der Waals surface area (Å²) in [5.74, 6) is 1.12. The van der Waals surface area contributed by atoms with E-state index in [9.17, 15) is 4.79 Å². The molecule has 1 spiro atoms. The first kappa shape index (κ1) is 14.4. The zero-order valence-electron chi connectivity index (χ0n) is 13.2. The van der Waals surface area contributed by atoms with Crippen molar-refractivity contribution in [3.8, 4) is 11.4 Å². The molecule has 1 unspecified atom stereocenters. The smallest absolute Gasteiger partial charge is 0.228 e. The maximum atomic E-state index is 12.5. The molecule has 1 amide bonds. The molecule has 0 bridgehead atoms. The van der Waals surface area contributed by atoms with Crippen LogP contribution in [0.3, 0.4) is 0 Å². The summed E-state index contributed by atoms with van der Waals surface area (Å²) in [7, 11) is 1.91. The lowest BCUT2D eigenvalue weighted by Crippen LogP contribution is -2.31. The molecule has 2 N–H and O–H groups in total. The molecular formula is C17H21N5O. The second-order valence-corrected chi connectivity index (χ2v) is 6.70. The third-order valence-electron chi connectivity index (χ3n) is 5.21. The van der Waals surface area contributed by atoms with Crippen molar-refractivity contribution < 1.29 is 4.79 Å². The number of nitrogens with zero attached hydrogens (tertiary/aromatic N) is 3. The zero-order valence-corrected chi connectivity index (χ0v) is 13.2. The number of amides is 1. The Kier molecular flexibility index (Phi) is 3.41. The van der Waals surface area contributed by atoms with Gasteiger partial charge in [0.1, 0.15) is 6.33 Å². The number of nitrogens with one attached hydrogen (secondary N) is 2. The minimum absolute atomic E-state index is 0.155. The molecule has 6 heteroatoms. The van der Waals surface area contributed by atoms with Crippen LogP contribution in [0.25, 0.3) is 11.4 Å². The van der Waals surface area contributed by atoms with Gasteiger partial charge >= 0.3 is 0 Å². The van der Waals surface area contributed by atoms with E-state index in [0.717, 1.165) is 49.4 Å². The van der Waals surface area contributed by atoms with Gasteiger partial charge in [-0.25, -0.2) is 0 Å². The van der Waals surface area contributed by atoms with Crippen LogP contribution in [0.2, 0.25) is 0 Å². The zero-order chi connectivity index (χ0) is 15.9. The third-order valence-corrected chi connectivity index (χ3v) is 5.21. The summed E-state index contributed by atoms with van der Waals surface area (Å²) in [6.07, 6.45) is 4.93. The molecule has 1 atom stereocenters. The Morgan fingerprint density at radius 1 is 1.39 bits per heavy atom. The van der Waals surface area contributed by atoms with Crippen LogP contribution in [0.15, 0.2) is 30.6 Å². The summed E-state index contributed by atoms with van der Waals surface area (Å²) in [5.41, 5.74) is 2.04. The highest BCUT2D eigenvalue weighted by molar-refractivity contribution is 5.95. The van der Waals surface area contributed by atoms with Gasteiger partial charge in [0, 0.05) is 24.2 Å². The highest BCUT2D eigenvalue weighted by Crippen LogP contribution is 2.58. The van der Waals surface area contributed by atoms with Crippen LogP contribution in [0.4, 0.5) is 5.69 Å². The fourth-order valence-electron chi connectivity index (χ4n) is 3.71. The Morgan fingerprint density at radius 2 is 2.22 bits per heavy atom. The van der Waals surface area contributed by atoms with Gasteiger partial charge in [-0.2, -0.15) is 0 Å². The van der Waals surface area contributed by atoms with E-state index in [2.05, 4.69) is 20.8 Å². The van der Waals surface area contributed by atoms with Crippen LogP contribution in [-0.4, -0.2) is 33.8 Å². The summed E-state index contributed by atoms with van der Waals surface area (Å²) in [5, 5.41) is 14.5. The fraction of sp³-hybridized carbons (Fsp3) is 0.471. The molecule has 0 radical (unpaired) electrons. The Hall–Kier alpha value is -2.21. The van der Waals surface area contributed by atoms with E-state index in [-0.39, 0.29) is 17.2 Å². The van der Waals surface area contributed by atoms with Gasteiger partial charge in [0.2, 0.25) is 5.91 Å². The van der Waals surface area contributed by atoms with Gasteiger partial charge in [-0.05, 0) is 49.9 Å². The van der Waals surface area contributed by atoms with E-state index < -0.39 is 0 Å².